The molecule has 0 aromatic heterocycles. The van der Waals surface area contributed by atoms with Gasteiger partial charge in [0.05, 0.1) is 16.7 Å². The number of halogens is 1. The Kier molecular flexibility index (Phi) is 4.04. The average Bonchev–Trinajstić information content (AvgIpc) is 2.56. The Morgan fingerprint density at radius 3 is 2.38 bits per heavy atom. The van der Waals surface area contributed by atoms with E-state index in [4.69, 9.17) is 11.1 Å². The number of aromatic nitrogens is 1. The van der Waals surface area contributed by atoms with Crippen LogP contribution in [0.2, 0.25) is 0 Å². The molecule has 1 aliphatic heterocycles. The third-order valence-corrected chi connectivity index (χ3v) is 4.33. The van der Waals surface area contributed by atoms with Crippen LogP contribution in [0.25, 0.3) is 33.3 Å². The number of anilines is 1. The molecule has 0 radical (unpaired) electrons. The summed E-state index contributed by atoms with van der Waals surface area (Å²) in [6.45, 7) is 0. The van der Waals surface area contributed by atoms with Crippen LogP contribution in [0, 0.1) is 5.41 Å². The standard InChI is InChI=1S/C20H17N3.ClH/c1-23-19-12-15(22)8-10-17(19)16-9-7-14(21)11-18(16)20(23)13-5-3-2-4-6-13;/h2-12,22H,21H2,1H3;1H. The summed E-state index contributed by atoms with van der Waals surface area (Å²) in [5.41, 5.74) is 11.3. The summed E-state index contributed by atoms with van der Waals surface area (Å²) in [6.07, 6.45) is 0. The van der Waals surface area contributed by atoms with Crippen molar-refractivity contribution < 1.29 is 0 Å². The summed E-state index contributed by atoms with van der Waals surface area (Å²) >= 11 is 0. The molecule has 0 unspecified atom stereocenters. The molecule has 1 aliphatic carbocycles. The van der Waals surface area contributed by atoms with Gasteiger partial charge in [-0.25, -0.2) is 0 Å². The van der Waals surface area contributed by atoms with Crippen LogP contribution < -0.4 is 11.1 Å². The number of benzene rings is 3. The molecule has 3 N–H and O–H groups in total. The van der Waals surface area contributed by atoms with Gasteiger partial charge in [-0.05, 0) is 35.2 Å². The molecule has 1 heterocycles. The van der Waals surface area contributed by atoms with Gasteiger partial charge in [-0.1, -0.05) is 42.5 Å². The summed E-state index contributed by atoms with van der Waals surface area (Å²) in [4.78, 5) is 0. The van der Waals surface area contributed by atoms with E-state index in [1.54, 1.807) is 0 Å². The molecule has 2 aromatic rings. The fraction of sp³-hybridized carbons (Fsp3) is 0.0500. The molecule has 120 valence electrons. The molecule has 0 amide bonds. The van der Waals surface area contributed by atoms with E-state index in [0.717, 1.165) is 39.0 Å². The SMILES string of the molecule is Cl.Cn1c2cc(=N)ccc-2c2ccc(N)cc2c1-c1ccccc1. The Hall–Kier alpha value is -2.78. The van der Waals surface area contributed by atoms with Gasteiger partial charge in [-0.3, -0.25) is 0 Å². The number of nitrogens with two attached hydrogens (primary N) is 1. The van der Waals surface area contributed by atoms with E-state index in [9.17, 15) is 0 Å². The lowest BCUT2D eigenvalue weighted by atomic mass is 9.95. The Morgan fingerprint density at radius 2 is 1.62 bits per heavy atom. The van der Waals surface area contributed by atoms with Gasteiger partial charge >= 0.3 is 0 Å². The molecule has 0 bridgehead atoms. The molecule has 4 rings (SSSR count). The highest BCUT2D eigenvalue weighted by molar-refractivity contribution is 6.05. The van der Waals surface area contributed by atoms with Gasteiger partial charge in [0, 0.05) is 23.7 Å². The van der Waals surface area contributed by atoms with Crippen molar-refractivity contribution >= 4 is 28.9 Å². The summed E-state index contributed by atoms with van der Waals surface area (Å²) in [6, 6.07) is 22.1. The molecule has 3 nitrogen and oxygen atoms in total. The maximum absolute atomic E-state index is 7.96. The number of nitrogens with one attached hydrogen (secondary N) is 1. The van der Waals surface area contributed by atoms with Crippen LogP contribution in [-0.4, -0.2) is 4.57 Å². The van der Waals surface area contributed by atoms with Gasteiger partial charge in [0.15, 0.2) is 0 Å². The number of fused-ring (bicyclic) bond motifs is 3. The minimum absolute atomic E-state index is 0. The fourth-order valence-corrected chi connectivity index (χ4v) is 3.28. The van der Waals surface area contributed by atoms with E-state index in [-0.39, 0.29) is 12.4 Å². The molecule has 2 aliphatic rings. The zero-order valence-corrected chi connectivity index (χ0v) is 14.1. The predicted molar refractivity (Wildman–Crippen MR) is 102 cm³/mol. The second-order valence-electron chi connectivity index (χ2n) is 5.81. The van der Waals surface area contributed by atoms with E-state index in [1.165, 1.54) is 0 Å². The van der Waals surface area contributed by atoms with Crippen LogP contribution in [0.15, 0.2) is 66.7 Å². The van der Waals surface area contributed by atoms with Gasteiger partial charge in [0.2, 0.25) is 0 Å². The maximum Gasteiger partial charge on any atom is 0.0562 e. The maximum atomic E-state index is 7.96. The molecule has 0 saturated heterocycles. The predicted octanol–water partition coefficient (Wildman–Crippen LogP) is 4.43. The molecule has 2 aromatic carbocycles. The van der Waals surface area contributed by atoms with Gasteiger partial charge in [0.1, 0.15) is 0 Å². The van der Waals surface area contributed by atoms with E-state index < -0.39 is 0 Å². The van der Waals surface area contributed by atoms with Crippen molar-refractivity contribution in [1.82, 2.24) is 4.57 Å². The van der Waals surface area contributed by atoms with Crippen molar-refractivity contribution in [2.45, 2.75) is 0 Å². The molecule has 0 atom stereocenters. The molecular formula is C20H18ClN3. The normalized spacial score (nSPS) is 10.7. The number of nitrogens with zero attached hydrogens (tertiary/aromatic N) is 1. The van der Waals surface area contributed by atoms with Crippen molar-refractivity contribution in [3.8, 4) is 22.5 Å². The number of hydrogen-bond donors (Lipinski definition) is 2. The van der Waals surface area contributed by atoms with Crippen LogP contribution in [0.5, 0.6) is 0 Å². The van der Waals surface area contributed by atoms with Crippen molar-refractivity contribution in [1.29, 1.82) is 5.41 Å². The van der Waals surface area contributed by atoms with Crippen LogP contribution in [-0.2, 0) is 7.05 Å². The fourth-order valence-electron chi connectivity index (χ4n) is 3.28. The first-order valence-electron chi connectivity index (χ1n) is 7.57. The van der Waals surface area contributed by atoms with Crippen molar-refractivity contribution in [3.05, 3.63) is 72.1 Å². The van der Waals surface area contributed by atoms with Crippen molar-refractivity contribution in [2.75, 3.05) is 5.73 Å². The summed E-state index contributed by atoms with van der Waals surface area (Å²) in [5, 5.41) is 10.8. The third kappa shape index (κ3) is 2.43. The Bertz CT molecular complexity index is 1050. The minimum Gasteiger partial charge on any atom is -0.399 e. The highest BCUT2D eigenvalue weighted by atomic mass is 35.5. The molecule has 24 heavy (non-hydrogen) atoms. The van der Waals surface area contributed by atoms with E-state index >= 15 is 0 Å². The molecule has 0 saturated carbocycles. The Labute approximate surface area is 146 Å². The first-order valence-corrected chi connectivity index (χ1v) is 7.57. The summed E-state index contributed by atoms with van der Waals surface area (Å²) in [7, 11) is 2.05. The largest absolute Gasteiger partial charge is 0.399 e. The zero-order chi connectivity index (χ0) is 16.0. The summed E-state index contributed by atoms with van der Waals surface area (Å²) in [5.74, 6) is 0. The van der Waals surface area contributed by atoms with Gasteiger partial charge < -0.3 is 15.7 Å². The topological polar surface area (TPSA) is 54.8 Å². The Morgan fingerprint density at radius 1 is 0.875 bits per heavy atom. The van der Waals surface area contributed by atoms with Crippen LogP contribution in [0.3, 0.4) is 0 Å². The second-order valence-corrected chi connectivity index (χ2v) is 5.81. The van der Waals surface area contributed by atoms with E-state index in [1.807, 2.05) is 55.6 Å². The summed E-state index contributed by atoms with van der Waals surface area (Å²) < 4.78 is 2.16. The molecule has 4 heteroatoms. The first-order chi connectivity index (χ1) is 11.1. The van der Waals surface area contributed by atoms with Crippen LogP contribution in [0.4, 0.5) is 5.69 Å². The number of hydrogen-bond acceptors (Lipinski definition) is 2. The number of rotatable bonds is 1. The lowest BCUT2D eigenvalue weighted by molar-refractivity contribution is 0.929. The molecule has 0 spiro atoms. The van der Waals surface area contributed by atoms with Gasteiger partial charge in [-0.15, -0.1) is 12.4 Å². The van der Waals surface area contributed by atoms with Crippen LogP contribution in [0.1, 0.15) is 0 Å². The Balaban J connectivity index is 0.00000169. The third-order valence-electron chi connectivity index (χ3n) is 4.33. The number of pyridine rings is 1. The van der Waals surface area contributed by atoms with Gasteiger partial charge in [0.25, 0.3) is 0 Å². The van der Waals surface area contributed by atoms with Crippen LogP contribution >= 0.6 is 12.4 Å². The zero-order valence-electron chi connectivity index (χ0n) is 13.3. The lowest BCUT2D eigenvalue weighted by Crippen LogP contribution is -2.08. The molecular weight excluding hydrogens is 318 g/mol. The van der Waals surface area contributed by atoms with Gasteiger partial charge in [-0.2, -0.15) is 0 Å². The van der Waals surface area contributed by atoms with E-state index in [2.05, 4.69) is 22.8 Å². The number of nitrogen functional groups attached to an aromatic ring is 1. The van der Waals surface area contributed by atoms with Crippen molar-refractivity contribution in [2.24, 2.45) is 7.05 Å². The lowest BCUT2D eigenvalue weighted by Gasteiger charge is -2.21. The first kappa shape index (κ1) is 16.1. The highest BCUT2D eigenvalue weighted by Crippen LogP contribution is 2.38. The minimum atomic E-state index is 0. The second kappa shape index (κ2) is 6.02. The monoisotopic (exact) mass is 335 g/mol. The highest BCUT2D eigenvalue weighted by Gasteiger charge is 2.16. The molecule has 0 fully saturated rings. The average molecular weight is 336 g/mol. The quantitative estimate of drug-likeness (QED) is 0.392. The van der Waals surface area contributed by atoms with E-state index in [0.29, 0.717) is 5.36 Å². The smallest absolute Gasteiger partial charge is 0.0562 e. The van der Waals surface area contributed by atoms with Crippen molar-refractivity contribution in [3.63, 3.8) is 0 Å².